The number of aryl methyl sites for hydroxylation is 2. The van der Waals surface area contributed by atoms with E-state index in [-0.39, 0.29) is 17.2 Å². The van der Waals surface area contributed by atoms with Crippen molar-refractivity contribution in [3.05, 3.63) is 57.9 Å². The molecule has 8 heteroatoms. The molecule has 1 heterocycles. The molecule has 2 aromatic carbocycles. The molecule has 0 saturated heterocycles. The standard InChI is InChI=1S/C23H28N2O4S2/c1-15(2)31(27,28)19-8-6-18(7-9-19)14-22(26)24-23-25(10-11-29-5)20-12-16(3)17(4)13-21(20)30-23/h6-9,12-13,15H,10-11,14H2,1-5H3. The van der Waals surface area contributed by atoms with Crippen LogP contribution in [0.25, 0.3) is 10.2 Å². The van der Waals surface area contributed by atoms with Crippen LogP contribution in [-0.4, -0.2) is 37.9 Å². The molecule has 0 unspecified atom stereocenters. The summed E-state index contributed by atoms with van der Waals surface area (Å²) in [6, 6.07) is 10.7. The highest BCUT2D eigenvalue weighted by atomic mass is 32.2. The van der Waals surface area contributed by atoms with Gasteiger partial charge in [-0.25, -0.2) is 8.42 Å². The third kappa shape index (κ3) is 5.14. The molecule has 0 radical (unpaired) electrons. The molecule has 0 aliphatic rings. The summed E-state index contributed by atoms with van der Waals surface area (Å²) in [6.45, 7) is 8.56. The number of sulfone groups is 1. The minimum absolute atomic E-state index is 0.110. The van der Waals surface area contributed by atoms with Gasteiger partial charge in [0.05, 0.1) is 33.4 Å². The maximum Gasteiger partial charge on any atom is 0.252 e. The number of benzene rings is 2. The SMILES string of the molecule is COCCn1c(=NC(=O)Cc2ccc(S(=O)(=O)C(C)C)cc2)sc2cc(C)c(C)cc21. The Morgan fingerprint density at radius 2 is 1.77 bits per heavy atom. The summed E-state index contributed by atoms with van der Waals surface area (Å²) in [4.78, 5) is 18.0. The summed E-state index contributed by atoms with van der Waals surface area (Å²) in [7, 11) is -1.68. The largest absolute Gasteiger partial charge is 0.383 e. The second-order valence-electron chi connectivity index (χ2n) is 7.85. The molecule has 0 fully saturated rings. The summed E-state index contributed by atoms with van der Waals surface area (Å²) in [5.41, 5.74) is 4.15. The van der Waals surface area contributed by atoms with Crippen LogP contribution in [0, 0.1) is 13.8 Å². The number of amides is 1. The molecule has 0 aliphatic heterocycles. The number of aromatic nitrogens is 1. The molecule has 31 heavy (non-hydrogen) atoms. The van der Waals surface area contributed by atoms with Crippen LogP contribution < -0.4 is 4.80 Å². The number of rotatable bonds is 7. The monoisotopic (exact) mass is 460 g/mol. The van der Waals surface area contributed by atoms with Crippen LogP contribution in [0.3, 0.4) is 0 Å². The zero-order valence-electron chi connectivity index (χ0n) is 18.5. The maximum atomic E-state index is 12.7. The first-order chi connectivity index (χ1) is 14.6. The first-order valence-electron chi connectivity index (χ1n) is 10.1. The second-order valence-corrected chi connectivity index (χ2v) is 11.4. The van der Waals surface area contributed by atoms with Crippen molar-refractivity contribution in [2.45, 2.75) is 50.8 Å². The first kappa shape index (κ1) is 23.4. The average Bonchev–Trinajstić information content (AvgIpc) is 3.02. The normalized spacial score (nSPS) is 12.8. The van der Waals surface area contributed by atoms with Gasteiger partial charge in [0.15, 0.2) is 14.6 Å². The molecule has 0 bridgehead atoms. The Balaban J connectivity index is 1.91. The van der Waals surface area contributed by atoms with Crippen molar-refractivity contribution in [3.8, 4) is 0 Å². The van der Waals surface area contributed by atoms with Gasteiger partial charge in [-0.05, 0) is 68.7 Å². The van der Waals surface area contributed by atoms with Crippen LogP contribution in [0.5, 0.6) is 0 Å². The second kappa shape index (κ2) is 9.46. The van der Waals surface area contributed by atoms with E-state index in [1.807, 2.05) is 4.57 Å². The highest BCUT2D eigenvalue weighted by Gasteiger charge is 2.19. The summed E-state index contributed by atoms with van der Waals surface area (Å²) < 4.78 is 32.9. The molecule has 6 nitrogen and oxygen atoms in total. The number of nitrogens with zero attached hydrogens (tertiary/aromatic N) is 2. The van der Waals surface area contributed by atoms with Crippen LogP contribution in [0.2, 0.25) is 0 Å². The zero-order chi connectivity index (χ0) is 22.8. The van der Waals surface area contributed by atoms with Gasteiger partial charge in [-0.3, -0.25) is 4.79 Å². The van der Waals surface area contributed by atoms with Gasteiger partial charge < -0.3 is 9.30 Å². The number of methoxy groups -OCH3 is 1. The molecule has 0 saturated carbocycles. The van der Waals surface area contributed by atoms with E-state index in [4.69, 9.17) is 4.74 Å². The number of hydrogen-bond acceptors (Lipinski definition) is 5. The molecule has 1 aromatic heterocycles. The number of fused-ring (bicyclic) bond motifs is 1. The third-order valence-corrected chi connectivity index (χ3v) is 8.48. The topological polar surface area (TPSA) is 77.7 Å². The van der Waals surface area contributed by atoms with Crippen molar-refractivity contribution in [2.75, 3.05) is 13.7 Å². The lowest BCUT2D eigenvalue weighted by molar-refractivity contribution is -0.117. The van der Waals surface area contributed by atoms with Gasteiger partial charge in [-0.1, -0.05) is 23.5 Å². The Bertz CT molecular complexity index is 1270. The number of carbonyl (C=O) groups excluding carboxylic acids is 1. The minimum atomic E-state index is -3.33. The Morgan fingerprint density at radius 3 is 2.39 bits per heavy atom. The maximum absolute atomic E-state index is 12.7. The lowest BCUT2D eigenvalue weighted by Gasteiger charge is -2.08. The number of ether oxygens (including phenoxy) is 1. The van der Waals surface area contributed by atoms with Gasteiger partial charge in [0.2, 0.25) is 0 Å². The molecular weight excluding hydrogens is 432 g/mol. The molecule has 166 valence electrons. The van der Waals surface area contributed by atoms with E-state index in [9.17, 15) is 13.2 Å². The van der Waals surface area contributed by atoms with Gasteiger partial charge in [-0.15, -0.1) is 0 Å². The quantitative estimate of drug-likeness (QED) is 0.537. The predicted octanol–water partition coefficient (Wildman–Crippen LogP) is 3.82. The van der Waals surface area contributed by atoms with Crippen molar-refractivity contribution < 1.29 is 17.9 Å². The molecule has 0 N–H and O–H groups in total. The lowest BCUT2D eigenvalue weighted by Crippen LogP contribution is -2.20. The summed E-state index contributed by atoms with van der Waals surface area (Å²) in [5.74, 6) is -0.273. The molecule has 1 amide bonds. The van der Waals surface area contributed by atoms with E-state index >= 15 is 0 Å². The van der Waals surface area contributed by atoms with Gasteiger partial charge >= 0.3 is 0 Å². The van der Waals surface area contributed by atoms with Crippen LogP contribution in [-0.2, 0) is 32.3 Å². The molecule has 3 aromatic rings. The predicted molar refractivity (Wildman–Crippen MR) is 124 cm³/mol. The minimum Gasteiger partial charge on any atom is -0.383 e. The summed E-state index contributed by atoms with van der Waals surface area (Å²) in [6.07, 6.45) is 0.110. The van der Waals surface area contributed by atoms with E-state index in [1.54, 1.807) is 45.2 Å². The lowest BCUT2D eigenvalue weighted by atomic mass is 10.1. The van der Waals surface area contributed by atoms with Crippen molar-refractivity contribution in [3.63, 3.8) is 0 Å². The van der Waals surface area contributed by atoms with E-state index in [0.29, 0.717) is 18.0 Å². The van der Waals surface area contributed by atoms with Crippen molar-refractivity contribution in [1.29, 1.82) is 0 Å². The number of hydrogen-bond donors (Lipinski definition) is 0. The van der Waals surface area contributed by atoms with Crippen molar-refractivity contribution in [2.24, 2.45) is 4.99 Å². The van der Waals surface area contributed by atoms with Gasteiger partial charge in [0, 0.05) is 13.7 Å². The van der Waals surface area contributed by atoms with E-state index in [0.717, 1.165) is 15.8 Å². The fraction of sp³-hybridized carbons (Fsp3) is 0.391. The Labute approximate surface area is 187 Å². The Hall–Kier alpha value is -2.29. The molecule has 0 spiro atoms. The number of thiazole rings is 1. The fourth-order valence-corrected chi connectivity index (χ4v) is 5.41. The third-order valence-electron chi connectivity index (χ3n) is 5.27. The van der Waals surface area contributed by atoms with E-state index < -0.39 is 15.1 Å². The molecule has 0 aliphatic carbocycles. The van der Waals surface area contributed by atoms with Gasteiger partial charge in [0.1, 0.15) is 0 Å². The Morgan fingerprint density at radius 1 is 1.13 bits per heavy atom. The zero-order valence-corrected chi connectivity index (χ0v) is 20.1. The van der Waals surface area contributed by atoms with Crippen molar-refractivity contribution >= 4 is 37.3 Å². The van der Waals surface area contributed by atoms with Crippen LogP contribution in [0.15, 0.2) is 46.3 Å². The average molecular weight is 461 g/mol. The summed E-state index contributed by atoms with van der Waals surface area (Å²) >= 11 is 1.49. The smallest absolute Gasteiger partial charge is 0.252 e. The summed E-state index contributed by atoms with van der Waals surface area (Å²) in [5, 5.41) is -0.488. The first-order valence-corrected chi connectivity index (χ1v) is 12.5. The molecule has 3 rings (SSSR count). The Kier molecular flexibility index (Phi) is 7.13. The van der Waals surface area contributed by atoms with Crippen LogP contribution >= 0.6 is 11.3 Å². The van der Waals surface area contributed by atoms with Gasteiger partial charge in [0.25, 0.3) is 5.91 Å². The van der Waals surface area contributed by atoms with Crippen molar-refractivity contribution in [1.82, 2.24) is 4.57 Å². The highest BCUT2D eigenvalue weighted by molar-refractivity contribution is 7.92. The molecular formula is C23H28N2O4S2. The van der Waals surface area contributed by atoms with Crippen LogP contribution in [0.4, 0.5) is 0 Å². The van der Waals surface area contributed by atoms with Crippen LogP contribution in [0.1, 0.15) is 30.5 Å². The highest BCUT2D eigenvalue weighted by Crippen LogP contribution is 2.22. The van der Waals surface area contributed by atoms with E-state index in [1.165, 1.54) is 22.5 Å². The fourth-order valence-electron chi connectivity index (χ4n) is 3.20. The van der Waals surface area contributed by atoms with E-state index in [2.05, 4.69) is 31.0 Å². The molecule has 0 atom stereocenters. The van der Waals surface area contributed by atoms with Gasteiger partial charge in [-0.2, -0.15) is 4.99 Å². The number of carbonyl (C=O) groups is 1.